The van der Waals surface area contributed by atoms with Crippen molar-refractivity contribution < 1.29 is 19.1 Å². The van der Waals surface area contributed by atoms with Gasteiger partial charge in [0, 0.05) is 11.6 Å². The second-order valence-electron chi connectivity index (χ2n) is 6.28. The summed E-state index contributed by atoms with van der Waals surface area (Å²) in [6.07, 6.45) is 0.473. The zero-order chi connectivity index (χ0) is 19.4. The van der Waals surface area contributed by atoms with Gasteiger partial charge in [-0.25, -0.2) is 4.79 Å². The molecule has 27 heavy (non-hydrogen) atoms. The molecule has 0 aromatic heterocycles. The van der Waals surface area contributed by atoms with Crippen molar-refractivity contribution in [1.82, 2.24) is 5.32 Å². The van der Waals surface area contributed by atoms with Crippen LogP contribution in [0.15, 0.2) is 48.5 Å². The Morgan fingerprint density at radius 3 is 2.44 bits per heavy atom. The molecule has 2 aromatic rings. The van der Waals surface area contributed by atoms with Crippen molar-refractivity contribution in [3.8, 4) is 0 Å². The quantitative estimate of drug-likeness (QED) is 0.747. The standard InChI is InChI=1S/C20H19ClN2O4/c1-27-20(26)13-7-3-5-9-17(13)23-19(25)15-10-14(15)18(24)22-11-12-6-2-4-8-16(12)21/h2-9,14-15H,10-11H2,1H3,(H,22,24)(H,23,25). The molecule has 0 bridgehead atoms. The minimum absolute atomic E-state index is 0.184. The number of carbonyl (C=O) groups is 3. The van der Waals surface area contributed by atoms with E-state index in [1.807, 2.05) is 18.2 Å². The van der Waals surface area contributed by atoms with E-state index in [0.717, 1.165) is 5.56 Å². The van der Waals surface area contributed by atoms with Gasteiger partial charge >= 0.3 is 5.97 Å². The Morgan fingerprint density at radius 1 is 1.04 bits per heavy atom. The lowest BCUT2D eigenvalue weighted by Gasteiger charge is -2.10. The molecule has 0 saturated heterocycles. The number of esters is 1. The normalized spacial score (nSPS) is 17.7. The number of hydrogen-bond acceptors (Lipinski definition) is 4. The first-order valence-electron chi connectivity index (χ1n) is 8.50. The van der Waals surface area contributed by atoms with Gasteiger partial charge in [0.25, 0.3) is 0 Å². The summed E-state index contributed by atoms with van der Waals surface area (Å²) in [5, 5.41) is 6.11. The molecule has 0 radical (unpaired) electrons. The Bertz CT molecular complexity index is 884. The summed E-state index contributed by atoms with van der Waals surface area (Å²) < 4.78 is 4.71. The first-order valence-corrected chi connectivity index (χ1v) is 8.88. The lowest BCUT2D eigenvalue weighted by atomic mass is 10.1. The van der Waals surface area contributed by atoms with E-state index in [1.165, 1.54) is 7.11 Å². The molecule has 2 aromatic carbocycles. The summed E-state index contributed by atoms with van der Waals surface area (Å²) >= 11 is 6.07. The third kappa shape index (κ3) is 4.46. The number of anilines is 1. The smallest absolute Gasteiger partial charge is 0.339 e. The molecule has 0 spiro atoms. The highest BCUT2D eigenvalue weighted by molar-refractivity contribution is 6.31. The third-order valence-corrected chi connectivity index (χ3v) is 4.83. The summed E-state index contributed by atoms with van der Waals surface area (Å²) in [7, 11) is 1.28. The Kier molecular flexibility index (Phi) is 5.76. The fourth-order valence-corrected chi connectivity index (χ4v) is 3.04. The molecule has 1 saturated carbocycles. The van der Waals surface area contributed by atoms with Crippen LogP contribution in [0.2, 0.25) is 5.02 Å². The summed E-state index contributed by atoms with van der Waals surface area (Å²) in [4.78, 5) is 36.5. The lowest BCUT2D eigenvalue weighted by Crippen LogP contribution is -2.27. The van der Waals surface area contributed by atoms with Crippen LogP contribution in [0, 0.1) is 11.8 Å². The van der Waals surface area contributed by atoms with Crippen LogP contribution in [-0.4, -0.2) is 24.9 Å². The van der Waals surface area contributed by atoms with E-state index in [-0.39, 0.29) is 23.3 Å². The van der Waals surface area contributed by atoms with E-state index in [0.29, 0.717) is 23.7 Å². The Hall–Kier alpha value is -2.86. The maximum absolute atomic E-state index is 12.4. The maximum Gasteiger partial charge on any atom is 0.339 e. The average molecular weight is 387 g/mol. The number of amides is 2. The van der Waals surface area contributed by atoms with Crippen LogP contribution in [-0.2, 0) is 20.9 Å². The van der Waals surface area contributed by atoms with Gasteiger partial charge in [-0.1, -0.05) is 41.9 Å². The molecule has 1 fully saturated rings. The fourth-order valence-electron chi connectivity index (χ4n) is 2.84. The second-order valence-corrected chi connectivity index (χ2v) is 6.69. The minimum atomic E-state index is -0.532. The van der Waals surface area contributed by atoms with Gasteiger partial charge in [-0.2, -0.15) is 0 Å². The van der Waals surface area contributed by atoms with Gasteiger partial charge in [-0.15, -0.1) is 0 Å². The number of methoxy groups -OCH3 is 1. The van der Waals surface area contributed by atoms with Gasteiger partial charge < -0.3 is 15.4 Å². The first-order chi connectivity index (χ1) is 13.0. The van der Waals surface area contributed by atoms with E-state index < -0.39 is 11.9 Å². The van der Waals surface area contributed by atoms with Crippen molar-refractivity contribution in [2.45, 2.75) is 13.0 Å². The second kappa shape index (κ2) is 8.22. The number of ether oxygens (including phenoxy) is 1. The molecule has 6 nitrogen and oxygen atoms in total. The Morgan fingerprint density at radius 2 is 1.70 bits per heavy atom. The molecule has 2 atom stereocenters. The van der Waals surface area contributed by atoms with Crippen molar-refractivity contribution in [2.24, 2.45) is 11.8 Å². The van der Waals surface area contributed by atoms with Gasteiger partial charge in [-0.3, -0.25) is 9.59 Å². The van der Waals surface area contributed by atoms with Crippen molar-refractivity contribution in [1.29, 1.82) is 0 Å². The van der Waals surface area contributed by atoms with Crippen molar-refractivity contribution >= 4 is 35.1 Å². The van der Waals surface area contributed by atoms with E-state index >= 15 is 0 Å². The summed E-state index contributed by atoms with van der Waals surface area (Å²) in [5.74, 6) is -1.80. The summed E-state index contributed by atoms with van der Waals surface area (Å²) in [6, 6.07) is 13.9. The number of para-hydroxylation sites is 1. The molecule has 3 rings (SSSR count). The SMILES string of the molecule is COC(=O)c1ccccc1NC(=O)C1CC1C(=O)NCc1ccccc1Cl. The van der Waals surface area contributed by atoms with Gasteiger partial charge in [0.2, 0.25) is 11.8 Å². The molecule has 2 unspecified atom stereocenters. The molecule has 1 aliphatic carbocycles. The van der Waals surface area contributed by atoms with E-state index in [9.17, 15) is 14.4 Å². The molecule has 0 aliphatic heterocycles. The number of benzene rings is 2. The highest BCUT2D eigenvalue weighted by atomic mass is 35.5. The Labute approximate surface area is 161 Å². The summed E-state index contributed by atoms with van der Waals surface area (Å²) in [5.41, 5.74) is 1.46. The Balaban J connectivity index is 1.56. The monoisotopic (exact) mass is 386 g/mol. The predicted molar refractivity (Wildman–Crippen MR) is 101 cm³/mol. The van der Waals surface area contributed by atoms with Crippen LogP contribution in [0.5, 0.6) is 0 Å². The van der Waals surface area contributed by atoms with Crippen LogP contribution < -0.4 is 10.6 Å². The lowest BCUT2D eigenvalue weighted by molar-refractivity contribution is -0.125. The first kappa shape index (κ1) is 18.9. The molecular formula is C20H19ClN2O4. The number of hydrogen-bond donors (Lipinski definition) is 2. The molecule has 2 N–H and O–H groups in total. The minimum Gasteiger partial charge on any atom is -0.465 e. The highest BCUT2D eigenvalue weighted by Crippen LogP contribution is 2.39. The largest absolute Gasteiger partial charge is 0.465 e. The summed E-state index contributed by atoms with van der Waals surface area (Å²) in [6.45, 7) is 0.314. The van der Waals surface area contributed by atoms with Gasteiger partial charge in [0.15, 0.2) is 0 Å². The predicted octanol–water partition coefficient (Wildman–Crippen LogP) is 3.02. The molecule has 2 amide bonds. The van der Waals surface area contributed by atoms with Crippen molar-refractivity contribution in [2.75, 3.05) is 12.4 Å². The fraction of sp³-hybridized carbons (Fsp3) is 0.250. The molecule has 0 heterocycles. The number of carbonyl (C=O) groups excluding carboxylic acids is 3. The molecule has 7 heteroatoms. The molecule has 1 aliphatic rings. The van der Waals surface area contributed by atoms with Crippen LogP contribution in [0.1, 0.15) is 22.3 Å². The van der Waals surface area contributed by atoms with Crippen LogP contribution >= 0.6 is 11.6 Å². The van der Waals surface area contributed by atoms with E-state index in [1.54, 1.807) is 30.3 Å². The molecule has 140 valence electrons. The maximum atomic E-state index is 12.4. The van der Waals surface area contributed by atoms with E-state index in [2.05, 4.69) is 10.6 Å². The van der Waals surface area contributed by atoms with Crippen LogP contribution in [0.3, 0.4) is 0 Å². The third-order valence-electron chi connectivity index (χ3n) is 4.47. The van der Waals surface area contributed by atoms with Gasteiger partial charge in [-0.05, 0) is 30.2 Å². The molecular weight excluding hydrogens is 368 g/mol. The average Bonchev–Trinajstić information content (AvgIpc) is 3.48. The van der Waals surface area contributed by atoms with Gasteiger partial charge in [0.1, 0.15) is 0 Å². The van der Waals surface area contributed by atoms with Crippen molar-refractivity contribution in [3.63, 3.8) is 0 Å². The van der Waals surface area contributed by atoms with Crippen LogP contribution in [0.25, 0.3) is 0 Å². The van der Waals surface area contributed by atoms with Crippen LogP contribution in [0.4, 0.5) is 5.69 Å². The number of rotatable bonds is 6. The van der Waals surface area contributed by atoms with E-state index in [4.69, 9.17) is 16.3 Å². The zero-order valence-corrected chi connectivity index (χ0v) is 15.5. The van der Waals surface area contributed by atoms with Crippen molar-refractivity contribution in [3.05, 3.63) is 64.7 Å². The number of nitrogens with one attached hydrogen (secondary N) is 2. The topological polar surface area (TPSA) is 84.5 Å². The van der Waals surface area contributed by atoms with Gasteiger partial charge in [0.05, 0.1) is 30.2 Å². The highest BCUT2D eigenvalue weighted by Gasteiger charge is 2.48. The number of halogens is 1. The zero-order valence-electron chi connectivity index (χ0n) is 14.7.